The fraction of sp³-hybridized carbons (Fsp3) is 0.300. The standard InChI is InChI=1S/C10H12BrNO2/c11-9-3-1-2-8(6-9)7-10(14)12-4-5-13/h1-3,6,13H,4-5,7H2,(H,12,14). The zero-order chi connectivity index (χ0) is 10.4. The molecule has 14 heavy (non-hydrogen) atoms. The van der Waals surface area contributed by atoms with Crippen molar-refractivity contribution in [3.8, 4) is 0 Å². The molecule has 0 saturated heterocycles. The van der Waals surface area contributed by atoms with Crippen LogP contribution in [0.2, 0.25) is 0 Å². The molecule has 2 N–H and O–H groups in total. The fourth-order valence-corrected chi connectivity index (χ4v) is 1.54. The predicted octanol–water partition coefficient (Wildman–Crippen LogP) is 1.10. The van der Waals surface area contributed by atoms with Gasteiger partial charge >= 0.3 is 0 Å². The largest absolute Gasteiger partial charge is 0.395 e. The molecule has 4 heteroatoms. The van der Waals surface area contributed by atoms with Crippen LogP contribution in [-0.2, 0) is 11.2 Å². The molecule has 0 aliphatic carbocycles. The van der Waals surface area contributed by atoms with Gasteiger partial charge in [-0.2, -0.15) is 0 Å². The maximum atomic E-state index is 11.2. The second-order valence-corrected chi connectivity index (χ2v) is 3.80. The predicted molar refractivity (Wildman–Crippen MR) is 57.9 cm³/mol. The van der Waals surface area contributed by atoms with Crippen LogP contribution in [0, 0.1) is 0 Å². The Morgan fingerprint density at radius 3 is 2.93 bits per heavy atom. The van der Waals surface area contributed by atoms with Gasteiger partial charge in [-0.25, -0.2) is 0 Å². The molecule has 0 radical (unpaired) electrons. The van der Waals surface area contributed by atoms with Gasteiger partial charge in [0.2, 0.25) is 5.91 Å². The van der Waals surface area contributed by atoms with E-state index in [-0.39, 0.29) is 12.5 Å². The van der Waals surface area contributed by atoms with Gasteiger partial charge < -0.3 is 10.4 Å². The van der Waals surface area contributed by atoms with E-state index >= 15 is 0 Å². The van der Waals surface area contributed by atoms with Gasteiger partial charge in [0.05, 0.1) is 13.0 Å². The first kappa shape index (κ1) is 11.2. The number of halogens is 1. The summed E-state index contributed by atoms with van der Waals surface area (Å²) < 4.78 is 0.963. The van der Waals surface area contributed by atoms with Gasteiger partial charge in [0.1, 0.15) is 0 Å². The minimum absolute atomic E-state index is 0.0236. The molecule has 1 aromatic rings. The highest BCUT2D eigenvalue weighted by atomic mass is 79.9. The third-order valence-corrected chi connectivity index (χ3v) is 2.18. The minimum atomic E-state index is -0.0721. The Kier molecular flexibility index (Phi) is 4.62. The highest BCUT2D eigenvalue weighted by molar-refractivity contribution is 9.10. The molecule has 0 aromatic heterocycles. The van der Waals surface area contributed by atoms with Crippen LogP contribution in [0.25, 0.3) is 0 Å². The third kappa shape index (κ3) is 3.89. The number of benzene rings is 1. The topological polar surface area (TPSA) is 49.3 Å². The van der Waals surface area contributed by atoms with Crippen LogP contribution in [0.15, 0.2) is 28.7 Å². The Morgan fingerprint density at radius 2 is 2.29 bits per heavy atom. The number of rotatable bonds is 4. The molecule has 3 nitrogen and oxygen atoms in total. The van der Waals surface area contributed by atoms with Crippen LogP contribution in [0.3, 0.4) is 0 Å². The normalized spacial score (nSPS) is 9.86. The second-order valence-electron chi connectivity index (χ2n) is 2.88. The summed E-state index contributed by atoms with van der Waals surface area (Å²) in [5, 5.41) is 11.1. The summed E-state index contributed by atoms with van der Waals surface area (Å²) >= 11 is 3.33. The van der Waals surface area contributed by atoms with E-state index in [0.717, 1.165) is 10.0 Å². The van der Waals surface area contributed by atoms with Gasteiger partial charge in [-0.05, 0) is 17.7 Å². The number of carbonyl (C=O) groups is 1. The molecule has 1 amide bonds. The Hall–Kier alpha value is -0.870. The summed E-state index contributed by atoms with van der Waals surface area (Å²) in [6, 6.07) is 7.59. The lowest BCUT2D eigenvalue weighted by atomic mass is 10.1. The Morgan fingerprint density at radius 1 is 1.50 bits per heavy atom. The van der Waals surface area contributed by atoms with E-state index in [9.17, 15) is 4.79 Å². The molecule has 76 valence electrons. The smallest absolute Gasteiger partial charge is 0.224 e. The molecule has 0 aliphatic rings. The second kappa shape index (κ2) is 5.78. The zero-order valence-corrected chi connectivity index (χ0v) is 9.25. The summed E-state index contributed by atoms with van der Waals surface area (Å²) in [6.07, 6.45) is 0.347. The van der Waals surface area contributed by atoms with E-state index < -0.39 is 0 Å². The van der Waals surface area contributed by atoms with Crippen LogP contribution in [0.5, 0.6) is 0 Å². The lowest BCUT2D eigenvalue weighted by Gasteiger charge is -2.03. The number of nitrogens with one attached hydrogen (secondary N) is 1. The maximum Gasteiger partial charge on any atom is 0.224 e. The average molecular weight is 258 g/mol. The summed E-state index contributed by atoms with van der Waals surface area (Å²) in [7, 11) is 0. The van der Waals surface area contributed by atoms with E-state index in [1.165, 1.54) is 0 Å². The van der Waals surface area contributed by atoms with E-state index in [0.29, 0.717) is 13.0 Å². The highest BCUT2D eigenvalue weighted by Crippen LogP contribution is 2.11. The summed E-state index contributed by atoms with van der Waals surface area (Å²) in [6.45, 7) is 0.289. The number of carbonyl (C=O) groups excluding carboxylic acids is 1. The molecule has 0 fully saturated rings. The molecular formula is C10H12BrNO2. The number of hydrogen-bond acceptors (Lipinski definition) is 2. The highest BCUT2D eigenvalue weighted by Gasteiger charge is 2.02. The monoisotopic (exact) mass is 257 g/mol. The molecule has 0 spiro atoms. The van der Waals surface area contributed by atoms with Crippen molar-refractivity contribution >= 4 is 21.8 Å². The van der Waals surface area contributed by atoms with Crippen LogP contribution in [0.1, 0.15) is 5.56 Å². The van der Waals surface area contributed by atoms with Crippen LogP contribution < -0.4 is 5.32 Å². The molecule has 0 saturated carbocycles. The Bertz CT molecular complexity index is 315. The first-order valence-electron chi connectivity index (χ1n) is 4.34. The van der Waals surface area contributed by atoms with Crippen molar-refractivity contribution in [3.05, 3.63) is 34.3 Å². The van der Waals surface area contributed by atoms with Crippen molar-refractivity contribution in [2.24, 2.45) is 0 Å². The Balaban J connectivity index is 2.47. The van der Waals surface area contributed by atoms with Crippen LogP contribution in [-0.4, -0.2) is 24.2 Å². The average Bonchev–Trinajstić information content (AvgIpc) is 2.15. The quantitative estimate of drug-likeness (QED) is 0.849. The van der Waals surface area contributed by atoms with Gasteiger partial charge in [-0.1, -0.05) is 28.1 Å². The number of amides is 1. The van der Waals surface area contributed by atoms with Gasteiger partial charge in [0.25, 0.3) is 0 Å². The van der Waals surface area contributed by atoms with Crippen LogP contribution in [0.4, 0.5) is 0 Å². The first-order valence-corrected chi connectivity index (χ1v) is 5.13. The summed E-state index contributed by atoms with van der Waals surface area (Å²) in [4.78, 5) is 11.2. The fourth-order valence-electron chi connectivity index (χ4n) is 1.09. The van der Waals surface area contributed by atoms with Crippen molar-refractivity contribution in [1.82, 2.24) is 5.32 Å². The Labute approximate surface area is 91.3 Å². The minimum Gasteiger partial charge on any atom is -0.395 e. The van der Waals surface area contributed by atoms with Gasteiger partial charge in [-0.3, -0.25) is 4.79 Å². The van der Waals surface area contributed by atoms with Crippen molar-refractivity contribution in [2.75, 3.05) is 13.2 Å². The van der Waals surface area contributed by atoms with E-state index in [1.807, 2.05) is 24.3 Å². The number of aliphatic hydroxyl groups excluding tert-OH is 1. The number of aliphatic hydroxyl groups is 1. The lowest BCUT2D eigenvalue weighted by molar-refractivity contribution is -0.120. The van der Waals surface area contributed by atoms with Crippen molar-refractivity contribution in [1.29, 1.82) is 0 Å². The van der Waals surface area contributed by atoms with E-state index in [4.69, 9.17) is 5.11 Å². The molecule has 1 aromatic carbocycles. The molecule has 0 unspecified atom stereocenters. The molecule has 0 aliphatic heterocycles. The first-order chi connectivity index (χ1) is 6.72. The molecule has 0 bridgehead atoms. The van der Waals surface area contributed by atoms with Gasteiger partial charge in [0, 0.05) is 11.0 Å². The molecule has 0 heterocycles. The lowest BCUT2D eigenvalue weighted by Crippen LogP contribution is -2.27. The maximum absolute atomic E-state index is 11.2. The van der Waals surface area contributed by atoms with Crippen molar-refractivity contribution < 1.29 is 9.90 Å². The third-order valence-electron chi connectivity index (χ3n) is 1.69. The summed E-state index contributed by atoms with van der Waals surface area (Å²) in [5.41, 5.74) is 0.954. The molecule has 0 atom stereocenters. The van der Waals surface area contributed by atoms with Crippen molar-refractivity contribution in [3.63, 3.8) is 0 Å². The number of hydrogen-bond donors (Lipinski definition) is 2. The zero-order valence-electron chi connectivity index (χ0n) is 7.66. The summed E-state index contributed by atoms with van der Waals surface area (Å²) in [5.74, 6) is -0.0721. The van der Waals surface area contributed by atoms with Crippen LogP contribution >= 0.6 is 15.9 Å². The SMILES string of the molecule is O=C(Cc1cccc(Br)c1)NCCO. The van der Waals surface area contributed by atoms with Gasteiger partial charge in [-0.15, -0.1) is 0 Å². The molecule has 1 rings (SSSR count). The van der Waals surface area contributed by atoms with Gasteiger partial charge in [0.15, 0.2) is 0 Å². The van der Waals surface area contributed by atoms with Crippen molar-refractivity contribution in [2.45, 2.75) is 6.42 Å². The van der Waals surface area contributed by atoms with E-state index in [1.54, 1.807) is 0 Å². The molecular weight excluding hydrogens is 246 g/mol. The van der Waals surface area contributed by atoms with E-state index in [2.05, 4.69) is 21.2 Å².